The molecule has 0 saturated carbocycles. The van der Waals surface area contributed by atoms with Gasteiger partial charge in [-0.25, -0.2) is 0 Å². The van der Waals surface area contributed by atoms with E-state index in [0.717, 1.165) is 6.42 Å². The van der Waals surface area contributed by atoms with E-state index < -0.39 is 4.92 Å². The van der Waals surface area contributed by atoms with Crippen LogP contribution in [0, 0.1) is 10.1 Å². The highest BCUT2D eigenvalue weighted by Gasteiger charge is 2.25. The van der Waals surface area contributed by atoms with Gasteiger partial charge in [0.2, 0.25) is 0 Å². The van der Waals surface area contributed by atoms with Gasteiger partial charge in [0.15, 0.2) is 5.78 Å². The van der Waals surface area contributed by atoms with Crippen LogP contribution in [0.15, 0.2) is 18.2 Å². The SMILES string of the molecule is CC[C@H]1CN(c2ccc(C(C)=O)cc2[N+](=O)[O-])CCO1. The number of Topliss-reactive ketones (excluding diaryl/α,β-unsaturated/α-hetero) is 1. The van der Waals surface area contributed by atoms with Crippen LogP contribution in [0.25, 0.3) is 0 Å². The van der Waals surface area contributed by atoms with Gasteiger partial charge in [-0.3, -0.25) is 14.9 Å². The van der Waals surface area contributed by atoms with Gasteiger partial charge in [-0.15, -0.1) is 0 Å². The van der Waals surface area contributed by atoms with Gasteiger partial charge < -0.3 is 9.64 Å². The summed E-state index contributed by atoms with van der Waals surface area (Å²) in [6, 6.07) is 4.65. The quantitative estimate of drug-likeness (QED) is 0.480. The molecular formula is C14H18N2O4. The van der Waals surface area contributed by atoms with Crippen molar-refractivity contribution in [1.82, 2.24) is 0 Å². The number of anilines is 1. The lowest BCUT2D eigenvalue weighted by Crippen LogP contribution is -2.42. The lowest BCUT2D eigenvalue weighted by atomic mass is 10.1. The van der Waals surface area contributed by atoms with Crippen molar-refractivity contribution in [2.24, 2.45) is 0 Å². The Kier molecular flexibility index (Phi) is 4.34. The number of hydrogen-bond acceptors (Lipinski definition) is 5. The van der Waals surface area contributed by atoms with Gasteiger partial charge in [0.1, 0.15) is 5.69 Å². The van der Waals surface area contributed by atoms with E-state index in [2.05, 4.69) is 0 Å². The minimum Gasteiger partial charge on any atom is -0.375 e. The maximum Gasteiger partial charge on any atom is 0.293 e. The molecule has 0 aliphatic carbocycles. The number of morpholine rings is 1. The molecule has 1 aromatic rings. The maximum atomic E-state index is 11.3. The number of carbonyl (C=O) groups is 1. The minimum absolute atomic E-state index is 0.0190. The molecule has 0 spiro atoms. The van der Waals surface area contributed by atoms with Crippen LogP contribution < -0.4 is 4.90 Å². The van der Waals surface area contributed by atoms with Crippen LogP contribution in [0.1, 0.15) is 30.6 Å². The van der Waals surface area contributed by atoms with E-state index in [9.17, 15) is 14.9 Å². The Hall–Kier alpha value is -1.95. The van der Waals surface area contributed by atoms with Crippen LogP contribution in [0.3, 0.4) is 0 Å². The molecule has 2 rings (SSSR count). The molecule has 0 aromatic heterocycles. The highest BCUT2D eigenvalue weighted by Crippen LogP contribution is 2.31. The van der Waals surface area contributed by atoms with Gasteiger partial charge in [-0.2, -0.15) is 0 Å². The third kappa shape index (κ3) is 2.96. The van der Waals surface area contributed by atoms with Crippen molar-refractivity contribution < 1.29 is 14.5 Å². The first-order valence-corrected chi connectivity index (χ1v) is 6.68. The molecule has 1 saturated heterocycles. The Bertz CT molecular complexity index is 530. The predicted octanol–water partition coefficient (Wildman–Crippen LogP) is 2.41. The van der Waals surface area contributed by atoms with Crippen LogP contribution in [-0.4, -0.2) is 36.5 Å². The highest BCUT2D eigenvalue weighted by atomic mass is 16.6. The Morgan fingerprint density at radius 2 is 2.30 bits per heavy atom. The number of nitro groups is 1. The lowest BCUT2D eigenvalue weighted by molar-refractivity contribution is -0.384. The second kappa shape index (κ2) is 6.00. The fourth-order valence-electron chi connectivity index (χ4n) is 2.34. The van der Waals surface area contributed by atoms with Crippen molar-refractivity contribution in [3.05, 3.63) is 33.9 Å². The fourth-order valence-corrected chi connectivity index (χ4v) is 2.34. The Balaban J connectivity index is 2.35. The van der Waals surface area contributed by atoms with Gasteiger partial charge >= 0.3 is 0 Å². The standard InChI is InChI=1S/C14H18N2O4/c1-3-12-9-15(6-7-20-12)13-5-4-11(10(2)17)8-14(13)16(18)19/h4-5,8,12H,3,6-7,9H2,1-2H3/t12-/m0/s1. The van der Waals surface area contributed by atoms with Crippen molar-refractivity contribution in [3.8, 4) is 0 Å². The largest absolute Gasteiger partial charge is 0.375 e. The van der Waals surface area contributed by atoms with E-state index in [1.54, 1.807) is 12.1 Å². The van der Waals surface area contributed by atoms with Crippen molar-refractivity contribution in [1.29, 1.82) is 0 Å². The third-order valence-corrected chi connectivity index (χ3v) is 3.51. The number of ether oxygens (including phenoxy) is 1. The molecule has 0 radical (unpaired) electrons. The van der Waals surface area contributed by atoms with E-state index >= 15 is 0 Å². The molecule has 1 heterocycles. The first-order chi connectivity index (χ1) is 9.52. The molecule has 6 heteroatoms. The average Bonchev–Trinajstić information content (AvgIpc) is 2.46. The summed E-state index contributed by atoms with van der Waals surface area (Å²) in [5.74, 6) is -0.173. The van der Waals surface area contributed by atoms with Crippen LogP contribution >= 0.6 is 0 Å². The highest BCUT2D eigenvalue weighted by molar-refractivity contribution is 5.95. The molecule has 20 heavy (non-hydrogen) atoms. The number of nitrogens with zero attached hydrogens (tertiary/aromatic N) is 2. The molecule has 108 valence electrons. The summed E-state index contributed by atoms with van der Waals surface area (Å²) < 4.78 is 5.58. The molecule has 1 fully saturated rings. The Morgan fingerprint density at radius 1 is 1.55 bits per heavy atom. The normalized spacial score (nSPS) is 18.9. The van der Waals surface area contributed by atoms with Gasteiger partial charge in [0.05, 0.1) is 17.6 Å². The minimum atomic E-state index is -0.432. The lowest BCUT2D eigenvalue weighted by Gasteiger charge is -2.33. The summed E-state index contributed by atoms with van der Waals surface area (Å²) in [4.78, 5) is 24.1. The maximum absolute atomic E-state index is 11.3. The number of hydrogen-bond donors (Lipinski definition) is 0. The average molecular weight is 278 g/mol. The summed E-state index contributed by atoms with van der Waals surface area (Å²) in [7, 11) is 0. The number of carbonyl (C=O) groups excluding carboxylic acids is 1. The van der Waals surface area contributed by atoms with Gasteiger partial charge in [-0.05, 0) is 25.5 Å². The van der Waals surface area contributed by atoms with E-state index in [1.807, 2.05) is 11.8 Å². The van der Waals surface area contributed by atoms with Crippen LogP contribution in [0.5, 0.6) is 0 Å². The monoisotopic (exact) mass is 278 g/mol. The van der Waals surface area contributed by atoms with Gasteiger partial charge in [0, 0.05) is 24.7 Å². The summed E-state index contributed by atoms with van der Waals surface area (Å²) in [6.07, 6.45) is 0.964. The van der Waals surface area contributed by atoms with E-state index in [0.29, 0.717) is 30.9 Å². The number of ketones is 1. The van der Waals surface area contributed by atoms with Gasteiger partial charge in [-0.1, -0.05) is 6.92 Å². The zero-order valence-electron chi connectivity index (χ0n) is 11.7. The Labute approximate surface area is 117 Å². The topological polar surface area (TPSA) is 72.7 Å². The summed E-state index contributed by atoms with van der Waals surface area (Å²) in [6.45, 7) is 5.25. The van der Waals surface area contributed by atoms with Crippen LogP contribution in [-0.2, 0) is 4.74 Å². The summed E-state index contributed by atoms with van der Waals surface area (Å²) in [5.41, 5.74) is 0.900. The number of rotatable bonds is 4. The zero-order chi connectivity index (χ0) is 14.7. The molecular weight excluding hydrogens is 260 g/mol. The molecule has 0 N–H and O–H groups in total. The Morgan fingerprint density at radius 3 is 2.90 bits per heavy atom. The molecule has 6 nitrogen and oxygen atoms in total. The van der Waals surface area contributed by atoms with Crippen molar-refractivity contribution in [2.45, 2.75) is 26.4 Å². The number of benzene rings is 1. The zero-order valence-corrected chi connectivity index (χ0v) is 11.7. The third-order valence-electron chi connectivity index (χ3n) is 3.51. The second-order valence-corrected chi connectivity index (χ2v) is 4.86. The second-order valence-electron chi connectivity index (χ2n) is 4.86. The first kappa shape index (κ1) is 14.5. The van der Waals surface area contributed by atoms with E-state index in [-0.39, 0.29) is 17.6 Å². The van der Waals surface area contributed by atoms with Gasteiger partial charge in [0.25, 0.3) is 5.69 Å². The molecule has 1 aromatic carbocycles. The fraction of sp³-hybridized carbons (Fsp3) is 0.500. The van der Waals surface area contributed by atoms with Crippen LogP contribution in [0.4, 0.5) is 11.4 Å². The predicted molar refractivity (Wildman–Crippen MR) is 75.3 cm³/mol. The summed E-state index contributed by atoms with van der Waals surface area (Å²) >= 11 is 0. The molecule has 1 aliphatic heterocycles. The van der Waals surface area contributed by atoms with E-state index in [4.69, 9.17) is 4.74 Å². The van der Waals surface area contributed by atoms with Crippen molar-refractivity contribution in [3.63, 3.8) is 0 Å². The van der Waals surface area contributed by atoms with Crippen LogP contribution in [0.2, 0.25) is 0 Å². The molecule has 0 bridgehead atoms. The smallest absolute Gasteiger partial charge is 0.293 e. The molecule has 1 aliphatic rings. The van der Waals surface area contributed by atoms with E-state index in [1.165, 1.54) is 13.0 Å². The molecule has 0 unspecified atom stereocenters. The van der Waals surface area contributed by atoms with Crippen molar-refractivity contribution in [2.75, 3.05) is 24.6 Å². The molecule has 1 atom stereocenters. The first-order valence-electron chi connectivity index (χ1n) is 6.68. The molecule has 0 amide bonds. The summed E-state index contributed by atoms with van der Waals surface area (Å²) in [5, 5.41) is 11.2. The van der Waals surface area contributed by atoms with Crippen molar-refractivity contribution >= 4 is 17.2 Å². The number of nitro benzene ring substituents is 1.